The van der Waals surface area contributed by atoms with Crippen molar-refractivity contribution in [2.75, 3.05) is 7.11 Å². The maximum atomic E-state index is 13.5. The van der Waals surface area contributed by atoms with E-state index in [9.17, 15) is 14.0 Å². The highest BCUT2D eigenvalue weighted by molar-refractivity contribution is 7.18. The van der Waals surface area contributed by atoms with E-state index in [1.807, 2.05) is 12.1 Å². The van der Waals surface area contributed by atoms with E-state index in [-0.39, 0.29) is 12.1 Å². The van der Waals surface area contributed by atoms with E-state index in [1.165, 1.54) is 27.9 Å². The summed E-state index contributed by atoms with van der Waals surface area (Å²) < 4.78 is 21.2. The standard InChI is InChI=1S/C23H18FN3O3S/c1-15-21(28)26(13-17-6-3-7-18(24)11-17)23(29)27-14-19(31-22(15)27)8-4-5-16-9-10-25-20(12-16)30-2/h3,6-7,9-12,14H,5,13H2,1-2H3. The number of hydrogen-bond acceptors (Lipinski definition) is 5. The zero-order valence-electron chi connectivity index (χ0n) is 16.9. The van der Waals surface area contributed by atoms with Gasteiger partial charge in [-0.15, -0.1) is 11.3 Å². The van der Waals surface area contributed by atoms with E-state index in [4.69, 9.17) is 4.74 Å². The predicted octanol–water partition coefficient (Wildman–Crippen LogP) is 3.02. The number of methoxy groups -OCH3 is 1. The van der Waals surface area contributed by atoms with Crippen LogP contribution >= 0.6 is 11.3 Å². The molecule has 0 aliphatic heterocycles. The molecule has 0 atom stereocenters. The highest BCUT2D eigenvalue weighted by atomic mass is 32.1. The average Bonchev–Trinajstić information content (AvgIpc) is 3.20. The lowest BCUT2D eigenvalue weighted by atomic mass is 10.2. The molecule has 0 aliphatic carbocycles. The SMILES string of the molecule is COc1cc(CC#Cc2cn3c(=O)n(Cc4cccc(F)c4)c(=O)c(C)c3s2)ccn1. The summed E-state index contributed by atoms with van der Waals surface area (Å²) in [6.07, 6.45) is 3.79. The van der Waals surface area contributed by atoms with Gasteiger partial charge in [-0.1, -0.05) is 24.0 Å². The van der Waals surface area contributed by atoms with Crippen molar-refractivity contribution in [1.82, 2.24) is 14.0 Å². The quantitative estimate of drug-likeness (QED) is 0.462. The first kappa shape index (κ1) is 20.6. The van der Waals surface area contributed by atoms with Crippen LogP contribution in [0.5, 0.6) is 5.88 Å². The van der Waals surface area contributed by atoms with Crippen molar-refractivity contribution < 1.29 is 9.13 Å². The van der Waals surface area contributed by atoms with E-state index in [0.29, 0.717) is 33.1 Å². The van der Waals surface area contributed by atoms with Crippen LogP contribution in [0, 0.1) is 24.6 Å². The Labute approximate surface area is 181 Å². The lowest BCUT2D eigenvalue weighted by molar-refractivity contribution is 0.397. The van der Waals surface area contributed by atoms with Crippen LogP contribution in [0.3, 0.4) is 0 Å². The van der Waals surface area contributed by atoms with Gasteiger partial charge in [0.25, 0.3) is 5.56 Å². The van der Waals surface area contributed by atoms with Crippen LogP contribution < -0.4 is 16.0 Å². The third kappa shape index (κ3) is 4.27. The normalized spacial score (nSPS) is 10.7. The van der Waals surface area contributed by atoms with E-state index >= 15 is 0 Å². The van der Waals surface area contributed by atoms with Crippen LogP contribution in [0.4, 0.5) is 4.39 Å². The van der Waals surface area contributed by atoms with Crippen LogP contribution in [0.15, 0.2) is 58.4 Å². The Morgan fingerprint density at radius 2 is 2.03 bits per heavy atom. The average molecular weight is 435 g/mol. The minimum Gasteiger partial charge on any atom is -0.481 e. The lowest BCUT2D eigenvalue weighted by Gasteiger charge is -2.07. The van der Waals surface area contributed by atoms with Gasteiger partial charge in [0.1, 0.15) is 10.6 Å². The van der Waals surface area contributed by atoms with Gasteiger partial charge in [0.2, 0.25) is 5.88 Å². The van der Waals surface area contributed by atoms with Crippen LogP contribution in [0.2, 0.25) is 0 Å². The molecule has 0 bridgehead atoms. The summed E-state index contributed by atoms with van der Waals surface area (Å²) in [7, 11) is 1.56. The summed E-state index contributed by atoms with van der Waals surface area (Å²) in [5.41, 5.74) is 1.09. The van der Waals surface area contributed by atoms with Gasteiger partial charge in [-0.25, -0.2) is 14.2 Å². The number of fused-ring (bicyclic) bond motifs is 1. The monoisotopic (exact) mass is 435 g/mol. The molecule has 3 aromatic heterocycles. The van der Waals surface area contributed by atoms with Gasteiger partial charge in [-0.05, 0) is 36.2 Å². The van der Waals surface area contributed by atoms with Gasteiger partial charge in [0.05, 0.1) is 18.5 Å². The molecular weight excluding hydrogens is 417 g/mol. The van der Waals surface area contributed by atoms with Crippen molar-refractivity contribution >= 4 is 16.2 Å². The fourth-order valence-electron chi connectivity index (χ4n) is 3.19. The lowest BCUT2D eigenvalue weighted by Crippen LogP contribution is -2.38. The minimum absolute atomic E-state index is 0.0000587. The molecule has 1 aromatic carbocycles. The van der Waals surface area contributed by atoms with Crippen molar-refractivity contribution in [1.29, 1.82) is 0 Å². The number of aromatic nitrogens is 3. The van der Waals surface area contributed by atoms with E-state index < -0.39 is 11.5 Å². The third-order valence-corrected chi connectivity index (χ3v) is 5.86. The van der Waals surface area contributed by atoms with E-state index in [1.54, 1.807) is 38.6 Å². The molecule has 0 saturated heterocycles. The van der Waals surface area contributed by atoms with Gasteiger partial charge in [-0.3, -0.25) is 13.8 Å². The molecule has 0 saturated carbocycles. The van der Waals surface area contributed by atoms with Crippen molar-refractivity contribution in [3.63, 3.8) is 0 Å². The summed E-state index contributed by atoms with van der Waals surface area (Å²) in [6.45, 7) is 1.68. The van der Waals surface area contributed by atoms with E-state index in [2.05, 4.69) is 16.8 Å². The molecule has 4 aromatic rings. The maximum Gasteiger partial charge on any atom is 0.336 e. The van der Waals surface area contributed by atoms with Gasteiger partial charge in [0.15, 0.2) is 0 Å². The Morgan fingerprint density at radius 3 is 2.81 bits per heavy atom. The molecule has 8 heteroatoms. The van der Waals surface area contributed by atoms with Crippen LogP contribution in [-0.4, -0.2) is 21.1 Å². The van der Waals surface area contributed by atoms with Crippen LogP contribution in [0.1, 0.15) is 21.6 Å². The molecule has 0 unspecified atom stereocenters. The molecular formula is C23H18FN3O3S. The molecule has 0 N–H and O–H groups in total. The molecule has 0 aliphatic rings. The number of nitrogens with zero attached hydrogens (tertiary/aromatic N) is 3. The molecule has 6 nitrogen and oxygen atoms in total. The first-order valence-corrected chi connectivity index (χ1v) is 10.3. The Bertz CT molecular complexity index is 1460. The van der Waals surface area contributed by atoms with Gasteiger partial charge in [0, 0.05) is 30.4 Å². The Balaban J connectivity index is 1.68. The van der Waals surface area contributed by atoms with Gasteiger partial charge in [-0.2, -0.15) is 0 Å². The van der Waals surface area contributed by atoms with Crippen molar-refractivity contribution in [2.24, 2.45) is 0 Å². The Morgan fingerprint density at radius 1 is 1.19 bits per heavy atom. The predicted molar refractivity (Wildman–Crippen MR) is 117 cm³/mol. The first-order valence-electron chi connectivity index (χ1n) is 9.44. The molecule has 4 rings (SSSR count). The molecule has 0 spiro atoms. The molecule has 3 heterocycles. The molecule has 0 radical (unpaired) electrons. The van der Waals surface area contributed by atoms with Crippen molar-refractivity contribution in [2.45, 2.75) is 19.9 Å². The number of hydrogen-bond donors (Lipinski definition) is 0. The molecule has 31 heavy (non-hydrogen) atoms. The highest BCUT2D eigenvalue weighted by Crippen LogP contribution is 2.17. The van der Waals surface area contributed by atoms with Gasteiger partial charge >= 0.3 is 5.69 Å². The summed E-state index contributed by atoms with van der Waals surface area (Å²) in [6, 6.07) is 9.53. The summed E-state index contributed by atoms with van der Waals surface area (Å²) in [4.78, 5) is 31.0. The molecule has 0 fully saturated rings. The summed E-state index contributed by atoms with van der Waals surface area (Å²) in [5.74, 6) is 6.25. The second kappa shape index (κ2) is 8.58. The number of thiazole rings is 1. The first-order chi connectivity index (χ1) is 15.0. The fraction of sp³-hybridized carbons (Fsp3) is 0.174. The number of aryl methyl sites for hydroxylation is 1. The second-order valence-corrected chi connectivity index (χ2v) is 7.92. The third-order valence-electron chi connectivity index (χ3n) is 4.74. The number of rotatable bonds is 4. The minimum atomic E-state index is -0.474. The number of pyridine rings is 1. The van der Waals surface area contributed by atoms with Crippen LogP contribution in [0.25, 0.3) is 4.83 Å². The second-order valence-electron chi connectivity index (χ2n) is 6.88. The number of benzene rings is 1. The number of halogens is 1. The maximum absolute atomic E-state index is 13.5. The Kier molecular flexibility index (Phi) is 5.69. The smallest absolute Gasteiger partial charge is 0.336 e. The zero-order valence-corrected chi connectivity index (χ0v) is 17.7. The number of ether oxygens (including phenoxy) is 1. The molecule has 0 amide bonds. The topological polar surface area (TPSA) is 65.6 Å². The highest BCUT2D eigenvalue weighted by Gasteiger charge is 2.14. The van der Waals surface area contributed by atoms with Crippen LogP contribution in [-0.2, 0) is 13.0 Å². The largest absolute Gasteiger partial charge is 0.481 e. The Hall–Kier alpha value is -3.70. The van der Waals surface area contributed by atoms with Gasteiger partial charge < -0.3 is 4.74 Å². The van der Waals surface area contributed by atoms with Crippen molar-refractivity contribution in [3.8, 4) is 17.7 Å². The fourth-order valence-corrected chi connectivity index (χ4v) is 4.15. The summed E-state index contributed by atoms with van der Waals surface area (Å²) >= 11 is 1.29. The van der Waals surface area contributed by atoms with Crippen molar-refractivity contribution in [3.05, 3.63) is 97.0 Å². The zero-order chi connectivity index (χ0) is 22.0. The molecule has 156 valence electrons. The summed E-state index contributed by atoms with van der Waals surface area (Å²) in [5, 5.41) is 0. The van der Waals surface area contributed by atoms with E-state index in [0.717, 1.165) is 10.1 Å².